The number of aliphatic hydroxyl groups is 2. The Bertz CT molecular complexity index is 1150. The van der Waals surface area contributed by atoms with Gasteiger partial charge in [-0.05, 0) is 17.3 Å². The Kier molecular flexibility index (Phi) is 7.96. The fraction of sp³-hybridized carbons (Fsp3) is 0.562. The molecule has 1 aliphatic heterocycles. The monoisotopic (exact) mass is 505 g/mol. The average Bonchev–Trinajstić information content (AvgIpc) is 3.31. The number of aliphatic hydroxyl groups excluding tert-OH is 2. The highest BCUT2D eigenvalue weighted by Crippen LogP contribution is 2.38. The molecular formula is C16H27N9O6S2. The molecule has 2 heterocycles. The highest BCUT2D eigenvalue weighted by molar-refractivity contribution is 7.92. The van der Waals surface area contributed by atoms with E-state index in [1.54, 1.807) is 0 Å². The Morgan fingerprint density at radius 2 is 1.88 bits per heavy atom. The lowest BCUT2D eigenvalue weighted by Gasteiger charge is -2.36. The number of nitrogens with zero attached hydrogens (tertiary/aromatic N) is 5. The van der Waals surface area contributed by atoms with Crippen molar-refractivity contribution < 1.29 is 27.0 Å². The molecule has 0 saturated carbocycles. The molecule has 17 heteroatoms. The topological polar surface area (TPSA) is 234 Å². The van der Waals surface area contributed by atoms with Gasteiger partial charge in [-0.25, -0.2) is 26.7 Å². The standard InChI is InChI=1S/C16H27N9O6S2/c17-9-11(27)10-19-33(30,31)13-2-1-12(25-5-3-24(4-6-25)7-8-26)14(15(13)32(18,28)29)16-20-22-23-21-16/h1-2,11,19,26-27H,3-10,17H2,(H2,18,28,29)(H,20,21,22,23). The van der Waals surface area contributed by atoms with Crippen molar-refractivity contribution in [1.29, 1.82) is 0 Å². The zero-order valence-electron chi connectivity index (χ0n) is 17.6. The van der Waals surface area contributed by atoms with E-state index in [1.807, 2.05) is 9.80 Å². The molecule has 8 N–H and O–H groups in total. The molecule has 0 bridgehead atoms. The number of hydrogen-bond acceptors (Lipinski definition) is 12. The van der Waals surface area contributed by atoms with E-state index >= 15 is 0 Å². The van der Waals surface area contributed by atoms with Crippen molar-refractivity contribution in [2.75, 3.05) is 57.3 Å². The molecule has 1 aromatic carbocycles. The van der Waals surface area contributed by atoms with E-state index in [0.717, 1.165) is 6.07 Å². The number of rotatable bonds is 10. The molecule has 0 amide bonds. The van der Waals surface area contributed by atoms with Crippen LogP contribution in [-0.4, -0.2) is 111 Å². The number of tetrazole rings is 1. The second-order valence-corrected chi connectivity index (χ2v) is 10.6. The number of primary sulfonamides is 1. The van der Waals surface area contributed by atoms with Gasteiger partial charge in [-0.3, -0.25) is 4.90 Å². The summed E-state index contributed by atoms with van der Waals surface area (Å²) >= 11 is 0. The summed E-state index contributed by atoms with van der Waals surface area (Å²) < 4.78 is 53.4. The van der Waals surface area contributed by atoms with Gasteiger partial charge in [0, 0.05) is 51.5 Å². The average molecular weight is 506 g/mol. The van der Waals surface area contributed by atoms with Gasteiger partial charge in [0.1, 0.15) is 9.79 Å². The summed E-state index contributed by atoms with van der Waals surface area (Å²) in [6, 6.07) is 2.59. The van der Waals surface area contributed by atoms with Crippen molar-refractivity contribution in [1.82, 2.24) is 30.2 Å². The molecule has 2 aromatic rings. The van der Waals surface area contributed by atoms with Crippen LogP contribution < -0.4 is 20.5 Å². The number of β-amino-alcohol motifs (C(OH)–C–C–N with tert-alkyl or cyclic N) is 1. The van der Waals surface area contributed by atoms with Gasteiger partial charge in [-0.2, -0.15) is 5.21 Å². The van der Waals surface area contributed by atoms with Gasteiger partial charge < -0.3 is 20.8 Å². The lowest BCUT2D eigenvalue weighted by molar-refractivity contribution is 0.186. The zero-order valence-corrected chi connectivity index (χ0v) is 19.3. The van der Waals surface area contributed by atoms with E-state index in [0.29, 0.717) is 38.4 Å². The Labute approximate surface area is 190 Å². The number of benzene rings is 1. The van der Waals surface area contributed by atoms with Crippen LogP contribution in [-0.2, 0) is 20.0 Å². The molecule has 1 aliphatic rings. The van der Waals surface area contributed by atoms with E-state index in [1.165, 1.54) is 6.07 Å². The first-order chi connectivity index (χ1) is 15.6. The molecule has 0 spiro atoms. The minimum Gasteiger partial charge on any atom is -0.395 e. The number of aromatic amines is 1. The van der Waals surface area contributed by atoms with E-state index in [2.05, 4.69) is 25.3 Å². The van der Waals surface area contributed by atoms with Crippen LogP contribution in [0.25, 0.3) is 11.4 Å². The Morgan fingerprint density at radius 3 is 2.42 bits per heavy atom. The van der Waals surface area contributed by atoms with E-state index in [4.69, 9.17) is 16.0 Å². The molecule has 1 fully saturated rings. The number of piperazine rings is 1. The Hall–Kier alpha value is -2.25. The zero-order chi connectivity index (χ0) is 24.2. The SMILES string of the molecule is NCC(O)CNS(=O)(=O)c1ccc(N2CCN(CCO)CC2)c(-c2nn[nH]n2)c1S(N)(=O)=O. The number of H-pyrrole nitrogens is 1. The van der Waals surface area contributed by atoms with Gasteiger partial charge in [0.05, 0.1) is 18.3 Å². The fourth-order valence-corrected chi connectivity index (χ4v) is 6.18. The predicted molar refractivity (Wildman–Crippen MR) is 117 cm³/mol. The van der Waals surface area contributed by atoms with Gasteiger partial charge in [-0.1, -0.05) is 0 Å². The quantitative estimate of drug-likeness (QED) is 0.182. The third-order valence-electron chi connectivity index (χ3n) is 5.15. The lowest BCUT2D eigenvalue weighted by atomic mass is 10.1. The van der Waals surface area contributed by atoms with Crippen LogP contribution in [0.2, 0.25) is 0 Å². The maximum absolute atomic E-state index is 13.0. The Morgan fingerprint density at radius 1 is 1.18 bits per heavy atom. The smallest absolute Gasteiger partial charge is 0.242 e. The van der Waals surface area contributed by atoms with Gasteiger partial charge in [0.2, 0.25) is 25.9 Å². The first kappa shape index (κ1) is 25.4. The molecule has 1 saturated heterocycles. The number of nitrogens with two attached hydrogens (primary N) is 2. The summed E-state index contributed by atoms with van der Waals surface area (Å²) in [5, 5.41) is 37.7. The highest BCUT2D eigenvalue weighted by atomic mass is 32.2. The normalized spacial score (nSPS) is 16.8. The summed E-state index contributed by atoms with van der Waals surface area (Å²) in [6.45, 7) is 2.04. The third-order valence-corrected chi connectivity index (χ3v) is 7.74. The van der Waals surface area contributed by atoms with Crippen LogP contribution in [0.4, 0.5) is 5.69 Å². The van der Waals surface area contributed by atoms with Crippen LogP contribution in [0, 0.1) is 0 Å². The summed E-state index contributed by atoms with van der Waals surface area (Å²) in [7, 11) is -9.02. The van der Waals surface area contributed by atoms with Crippen molar-refractivity contribution in [3.05, 3.63) is 12.1 Å². The summed E-state index contributed by atoms with van der Waals surface area (Å²) in [5.74, 6) is -0.147. The molecule has 184 valence electrons. The first-order valence-corrected chi connectivity index (χ1v) is 13.0. The molecule has 33 heavy (non-hydrogen) atoms. The van der Waals surface area contributed by atoms with Crippen molar-refractivity contribution in [3.8, 4) is 11.4 Å². The Balaban J connectivity index is 2.14. The van der Waals surface area contributed by atoms with Gasteiger partial charge >= 0.3 is 0 Å². The van der Waals surface area contributed by atoms with Crippen LogP contribution in [0.3, 0.4) is 0 Å². The molecule has 1 aromatic heterocycles. The minimum absolute atomic E-state index is 0.0160. The van der Waals surface area contributed by atoms with Crippen molar-refractivity contribution in [3.63, 3.8) is 0 Å². The molecule has 15 nitrogen and oxygen atoms in total. The van der Waals surface area contributed by atoms with Crippen LogP contribution in [0.5, 0.6) is 0 Å². The summed E-state index contributed by atoms with van der Waals surface area (Å²) in [5.41, 5.74) is 5.57. The molecule has 1 unspecified atom stereocenters. The van der Waals surface area contributed by atoms with Gasteiger partial charge in [0.15, 0.2) is 0 Å². The minimum atomic E-state index is -4.60. The second kappa shape index (κ2) is 10.3. The first-order valence-electron chi connectivity index (χ1n) is 9.98. The number of anilines is 1. The number of sulfonamides is 2. The van der Waals surface area contributed by atoms with Crippen molar-refractivity contribution >= 4 is 25.7 Å². The van der Waals surface area contributed by atoms with E-state index in [-0.39, 0.29) is 24.5 Å². The number of nitrogens with one attached hydrogen (secondary N) is 2. The summed E-state index contributed by atoms with van der Waals surface area (Å²) in [6.07, 6.45) is -1.16. The van der Waals surface area contributed by atoms with Crippen LogP contribution in [0.15, 0.2) is 21.9 Å². The third kappa shape index (κ3) is 5.82. The van der Waals surface area contributed by atoms with Crippen LogP contribution >= 0.6 is 0 Å². The second-order valence-electron chi connectivity index (χ2n) is 7.36. The maximum atomic E-state index is 13.0. The molecule has 0 radical (unpaired) electrons. The van der Waals surface area contributed by atoms with E-state index < -0.39 is 42.5 Å². The maximum Gasteiger partial charge on any atom is 0.242 e. The van der Waals surface area contributed by atoms with E-state index in [9.17, 15) is 21.9 Å². The van der Waals surface area contributed by atoms with Gasteiger partial charge in [-0.15, -0.1) is 10.2 Å². The predicted octanol–water partition coefficient (Wildman–Crippen LogP) is -3.77. The molecule has 0 aliphatic carbocycles. The van der Waals surface area contributed by atoms with Crippen molar-refractivity contribution in [2.24, 2.45) is 10.9 Å². The molecular weight excluding hydrogens is 478 g/mol. The number of hydrogen-bond donors (Lipinski definition) is 6. The fourth-order valence-electron chi connectivity index (χ4n) is 3.52. The highest BCUT2D eigenvalue weighted by Gasteiger charge is 2.33. The molecule has 3 rings (SSSR count). The summed E-state index contributed by atoms with van der Waals surface area (Å²) in [4.78, 5) is 2.60. The van der Waals surface area contributed by atoms with Gasteiger partial charge in [0.25, 0.3) is 0 Å². The molecule has 1 atom stereocenters. The van der Waals surface area contributed by atoms with Crippen molar-refractivity contribution in [2.45, 2.75) is 15.9 Å². The number of aromatic nitrogens is 4. The largest absolute Gasteiger partial charge is 0.395 e. The van der Waals surface area contributed by atoms with Crippen LogP contribution in [0.1, 0.15) is 0 Å². The lowest BCUT2D eigenvalue weighted by Crippen LogP contribution is -2.47.